The number of aliphatic carboxylic acids is 1. The fourth-order valence-corrected chi connectivity index (χ4v) is 4.22. The van der Waals surface area contributed by atoms with Gasteiger partial charge in [-0.15, -0.1) is 0 Å². The number of carbonyl (C=O) groups is 1. The van der Waals surface area contributed by atoms with Gasteiger partial charge in [0.2, 0.25) is 0 Å². The van der Waals surface area contributed by atoms with Crippen molar-refractivity contribution in [3.8, 4) is 16.9 Å². The first-order chi connectivity index (χ1) is 16.1. The van der Waals surface area contributed by atoms with Crippen molar-refractivity contribution in [3.63, 3.8) is 0 Å². The number of carboxylic acid groups (broad SMARTS) is 1. The predicted molar refractivity (Wildman–Crippen MR) is 137 cm³/mol. The fourth-order valence-electron chi connectivity index (χ4n) is 4.22. The standard InChI is InChI=1S/C15H13FO2.C14H23NO/c1-10(15(17)18)12-7-8-13(14(16)9-12)11-5-3-2-4-6-11;1-5-14(11(2)10-15(3)4)12-7-6-8-13(16)9-12/h2-10H,1H3,(H,17,18);6-9,11,14,16H,5,10H2,1-4H3/t10-;11-,14+/m10/s1. The molecule has 0 radical (unpaired) electrons. The molecule has 0 aliphatic heterocycles. The summed E-state index contributed by atoms with van der Waals surface area (Å²) in [5.74, 6) is -0.567. The van der Waals surface area contributed by atoms with E-state index in [1.807, 2.05) is 42.5 Å². The lowest BCUT2D eigenvalue weighted by Crippen LogP contribution is -2.24. The summed E-state index contributed by atoms with van der Waals surface area (Å²) < 4.78 is 14.0. The molecule has 34 heavy (non-hydrogen) atoms. The number of rotatable bonds is 8. The summed E-state index contributed by atoms with van der Waals surface area (Å²) in [5, 5.41) is 18.4. The van der Waals surface area contributed by atoms with E-state index in [-0.39, 0.29) is 0 Å². The van der Waals surface area contributed by atoms with Crippen LogP contribution in [0, 0.1) is 11.7 Å². The van der Waals surface area contributed by atoms with E-state index in [4.69, 9.17) is 5.11 Å². The fraction of sp³-hybridized carbons (Fsp3) is 0.345. The lowest BCUT2D eigenvalue weighted by atomic mass is 9.85. The Morgan fingerprint density at radius 2 is 1.62 bits per heavy atom. The zero-order chi connectivity index (χ0) is 25.3. The summed E-state index contributed by atoms with van der Waals surface area (Å²) in [6.45, 7) is 7.10. The van der Waals surface area contributed by atoms with Crippen molar-refractivity contribution in [2.75, 3.05) is 20.6 Å². The van der Waals surface area contributed by atoms with E-state index in [1.165, 1.54) is 11.6 Å². The Labute approximate surface area is 202 Å². The van der Waals surface area contributed by atoms with Crippen LogP contribution in [0.1, 0.15) is 50.2 Å². The van der Waals surface area contributed by atoms with Gasteiger partial charge in [-0.1, -0.05) is 68.4 Å². The molecule has 4 nitrogen and oxygen atoms in total. The maximum Gasteiger partial charge on any atom is 0.310 e. The molecular weight excluding hydrogens is 429 g/mol. The first-order valence-electron chi connectivity index (χ1n) is 11.6. The number of benzene rings is 3. The van der Waals surface area contributed by atoms with Crippen LogP contribution in [0.5, 0.6) is 5.75 Å². The van der Waals surface area contributed by atoms with Crippen LogP contribution in [0.2, 0.25) is 0 Å². The minimum absolute atomic E-state index is 0.369. The van der Waals surface area contributed by atoms with Crippen LogP contribution in [0.4, 0.5) is 4.39 Å². The summed E-state index contributed by atoms with van der Waals surface area (Å²) >= 11 is 0. The van der Waals surface area contributed by atoms with E-state index in [0.29, 0.717) is 28.7 Å². The van der Waals surface area contributed by atoms with E-state index in [0.717, 1.165) is 18.5 Å². The summed E-state index contributed by atoms with van der Waals surface area (Å²) in [4.78, 5) is 13.1. The maximum atomic E-state index is 14.0. The number of halogens is 1. The number of hydrogen-bond donors (Lipinski definition) is 2. The molecule has 2 N–H and O–H groups in total. The average Bonchev–Trinajstić information content (AvgIpc) is 2.79. The van der Waals surface area contributed by atoms with Gasteiger partial charge in [0.25, 0.3) is 0 Å². The van der Waals surface area contributed by atoms with Crippen molar-refractivity contribution in [3.05, 3.63) is 89.7 Å². The highest BCUT2D eigenvalue weighted by atomic mass is 19.1. The monoisotopic (exact) mass is 465 g/mol. The molecule has 0 heterocycles. The van der Waals surface area contributed by atoms with Crippen LogP contribution < -0.4 is 0 Å². The van der Waals surface area contributed by atoms with Crippen molar-refractivity contribution in [1.82, 2.24) is 4.90 Å². The molecular formula is C29H36FNO3. The van der Waals surface area contributed by atoms with Gasteiger partial charge in [0.05, 0.1) is 5.92 Å². The van der Waals surface area contributed by atoms with Crippen LogP contribution in [0.25, 0.3) is 11.1 Å². The van der Waals surface area contributed by atoms with Gasteiger partial charge in [-0.25, -0.2) is 4.39 Å². The number of phenolic OH excluding ortho intramolecular Hbond substituents is 1. The quantitative estimate of drug-likeness (QED) is 0.386. The van der Waals surface area contributed by atoms with Gasteiger partial charge in [0.15, 0.2) is 0 Å². The second-order valence-corrected chi connectivity index (χ2v) is 9.01. The van der Waals surface area contributed by atoms with E-state index in [1.54, 1.807) is 25.1 Å². The highest BCUT2D eigenvalue weighted by molar-refractivity contribution is 5.76. The Balaban J connectivity index is 0.000000242. The summed E-state index contributed by atoms with van der Waals surface area (Å²) in [6.07, 6.45) is 1.11. The molecule has 3 aromatic rings. The normalized spacial score (nSPS) is 13.5. The number of carboxylic acids is 1. The Morgan fingerprint density at radius 3 is 2.15 bits per heavy atom. The van der Waals surface area contributed by atoms with Gasteiger partial charge >= 0.3 is 5.97 Å². The molecule has 0 amide bonds. The average molecular weight is 466 g/mol. The lowest BCUT2D eigenvalue weighted by molar-refractivity contribution is -0.138. The number of hydrogen-bond acceptors (Lipinski definition) is 3. The van der Waals surface area contributed by atoms with Crippen LogP contribution in [-0.4, -0.2) is 41.7 Å². The predicted octanol–water partition coefficient (Wildman–Crippen LogP) is 6.76. The Bertz CT molecular complexity index is 1050. The molecule has 0 saturated heterocycles. The summed E-state index contributed by atoms with van der Waals surface area (Å²) in [7, 11) is 4.21. The third kappa shape index (κ3) is 7.70. The Hall–Kier alpha value is -3.18. The zero-order valence-corrected chi connectivity index (χ0v) is 20.7. The lowest BCUT2D eigenvalue weighted by Gasteiger charge is -2.26. The molecule has 0 saturated carbocycles. The summed E-state index contributed by atoms with van der Waals surface area (Å²) in [6, 6.07) is 21.4. The first kappa shape index (κ1) is 27.1. The molecule has 3 aromatic carbocycles. The molecule has 0 aromatic heterocycles. The molecule has 3 rings (SSSR count). The van der Waals surface area contributed by atoms with E-state index in [9.17, 15) is 14.3 Å². The number of nitrogens with zero attached hydrogens (tertiary/aromatic N) is 1. The third-order valence-corrected chi connectivity index (χ3v) is 6.03. The SMILES string of the molecule is CC[C@@H](c1cccc(O)c1)[C@@H](C)CN(C)C.C[C@@H](C(=O)O)c1ccc(-c2ccccc2)c(F)c1. The van der Waals surface area contributed by atoms with Crippen molar-refractivity contribution in [2.45, 2.75) is 39.0 Å². The van der Waals surface area contributed by atoms with Gasteiger partial charge in [-0.3, -0.25) is 4.79 Å². The minimum Gasteiger partial charge on any atom is -0.508 e. The molecule has 3 atom stereocenters. The summed E-state index contributed by atoms with van der Waals surface area (Å²) in [5.41, 5.74) is 2.98. The van der Waals surface area contributed by atoms with Crippen molar-refractivity contribution < 1.29 is 19.4 Å². The van der Waals surface area contributed by atoms with Gasteiger partial charge in [0, 0.05) is 12.1 Å². The van der Waals surface area contributed by atoms with E-state index in [2.05, 4.69) is 38.9 Å². The van der Waals surface area contributed by atoms with Gasteiger partial charge in [-0.2, -0.15) is 0 Å². The molecule has 0 unspecified atom stereocenters. The maximum absolute atomic E-state index is 14.0. The first-order valence-corrected chi connectivity index (χ1v) is 11.6. The van der Waals surface area contributed by atoms with Crippen LogP contribution >= 0.6 is 0 Å². The smallest absolute Gasteiger partial charge is 0.310 e. The molecule has 0 aliphatic rings. The van der Waals surface area contributed by atoms with E-state index < -0.39 is 17.7 Å². The van der Waals surface area contributed by atoms with Crippen molar-refractivity contribution >= 4 is 5.97 Å². The molecule has 0 aliphatic carbocycles. The largest absolute Gasteiger partial charge is 0.508 e. The molecule has 0 bridgehead atoms. The van der Waals surface area contributed by atoms with Crippen LogP contribution in [0.15, 0.2) is 72.8 Å². The van der Waals surface area contributed by atoms with Gasteiger partial charge < -0.3 is 15.1 Å². The molecule has 0 fully saturated rings. The Kier molecular flexibility index (Phi) is 10.3. The minimum atomic E-state index is -0.957. The highest BCUT2D eigenvalue weighted by Crippen LogP contribution is 2.30. The topological polar surface area (TPSA) is 60.8 Å². The van der Waals surface area contributed by atoms with Crippen molar-refractivity contribution in [2.24, 2.45) is 5.92 Å². The zero-order valence-electron chi connectivity index (χ0n) is 20.7. The van der Waals surface area contributed by atoms with Crippen LogP contribution in [0.3, 0.4) is 0 Å². The van der Waals surface area contributed by atoms with Crippen molar-refractivity contribution in [1.29, 1.82) is 0 Å². The third-order valence-electron chi connectivity index (χ3n) is 6.03. The molecule has 5 heteroatoms. The van der Waals surface area contributed by atoms with Crippen LogP contribution in [-0.2, 0) is 4.79 Å². The second-order valence-electron chi connectivity index (χ2n) is 9.01. The number of phenols is 1. The number of aromatic hydroxyl groups is 1. The van der Waals surface area contributed by atoms with E-state index >= 15 is 0 Å². The molecule has 182 valence electrons. The Morgan fingerprint density at radius 1 is 0.941 bits per heavy atom. The highest BCUT2D eigenvalue weighted by Gasteiger charge is 2.18. The van der Waals surface area contributed by atoms with Gasteiger partial charge in [0.1, 0.15) is 11.6 Å². The second kappa shape index (κ2) is 12.9. The van der Waals surface area contributed by atoms with Gasteiger partial charge in [-0.05, 0) is 74.2 Å². The molecule has 0 spiro atoms.